The second-order valence-corrected chi connectivity index (χ2v) is 6.86. The largest absolute Gasteiger partial charge is 0.490 e. The zero-order valence-corrected chi connectivity index (χ0v) is 15.9. The molecule has 1 aliphatic rings. The van der Waals surface area contributed by atoms with Crippen LogP contribution in [0.4, 0.5) is 0 Å². The van der Waals surface area contributed by atoms with E-state index >= 15 is 0 Å². The summed E-state index contributed by atoms with van der Waals surface area (Å²) < 4.78 is 12.3. The molecule has 1 saturated heterocycles. The van der Waals surface area contributed by atoms with Gasteiger partial charge in [0, 0.05) is 23.1 Å². The summed E-state index contributed by atoms with van der Waals surface area (Å²) in [5.41, 5.74) is 1.01. The monoisotopic (exact) mass is 385 g/mol. The third-order valence-corrected chi connectivity index (χ3v) is 5.07. The van der Waals surface area contributed by atoms with Crippen LogP contribution in [0.15, 0.2) is 16.6 Å². The third kappa shape index (κ3) is 4.13. The zero-order valence-electron chi connectivity index (χ0n) is 13.5. The molecule has 1 aliphatic heterocycles. The van der Waals surface area contributed by atoms with Crippen LogP contribution < -0.4 is 9.47 Å². The van der Waals surface area contributed by atoms with E-state index in [1.54, 1.807) is 0 Å². The Balaban J connectivity index is 2.25. The fraction of sp³-hybridized carbons (Fsp3) is 0.588. The van der Waals surface area contributed by atoms with Crippen LogP contribution >= 0.6 is 28.1 Å². The Hall–Kier alpha value is -0.810. The highest BCUT2D eigenvalue weighted by Gasteiger charge is 2.22. The summed E-state index contributed by atoms with van der Waals surface area (Å²) in [5, 5.41) is 0. The molecule has 1 heterocycles. The molecule has 1 aromatic rings. The summed E-state index contributed by atoms with van der Waals surface area (Å²) in [4.78, 5) is 3.19. The smallest absolute Gasteiger partial charge is 0.162 e. The van der Waals surface area contributed by atoms with E-state index in [1.165, 1.54) is 12.8 Å². The predicted molar refractivity (Wildman–Crippen MR) is 98.2 cm³/mol. The zero-order chi connectivity index (χ0) is 16.1. The van der Waals surface area contributed by atoms with Gasteiger partial charge in [0.25, 0.3) is 0 Å². The number of piperidine rings is 1. The lowest BCUT2D eigenvalue weighted by molar-refractivity contribution is 0.282. The van der Waals surface area contributed by atoms with Crippen LogP contribution in [-0.2, 0) is 0 Å². The highest BCUT2D eigenvalue weighted by Crippen LogP contribution is 2.35. The fourth-order valence-corrected chi connectivity index (χ4v) is 3.61. The number of benzene rings is 1. The number of hydrogen-bond donors (Lipinski definition) is 0. The van der Waals surface area contributed by atoms with Crippen LogP contribution in [0.1, 0.15) is 39.2 Å². The maximum Gasteiger partial charge on any atom is 0.162 e. The minimum atomic E-state index is 0.606. The molecule has 0 aliphatic carbocycles. The molecular formula is C17H24BrNO2S. The van der Waals surface area contributed by atoms with Gasteiger partial charge in [-0.3, -0.25) is 0 Å². The second-order valence-electron chi connectivity index (χ2n) is 5.62. The molecule has 122 valence electrons. The summed E-state index contributed by atoms with van der Waals surface area (Å²) >= 11 is 9.35. The Kier molecular flexibility index (Phi) is 6.50. The predicted octanol–water partition coefficient (Wildman–Crippen LogP) is 4.65. The van der Waals surface area contributed by atoms with Crippen molar-refractivity contribution in [2.24, 2.45) is 5.92 Å². The molecule has 0 aromatic heterocycles. The van der Waals surface area contributed by atoms with Gasteiger partial charge in [0.2, 0.25) is 0 Å². The SMILES string of the molecule is CCOc1cc(Br)c(C(=S)N2CCC(C)CC2)cc1OCC. The highest BCUT2D eigenvalue weighted by molar-refractivity contribution is 9.10. The Bertz CT molecular complexity index is 528. The standard InChI is InChI=1S/C17H24BrNO2S/c1-4-20-15-10-13(14(18)11-16(15)21-5-2)17(22)19-8-6-12(3)7-9-19/h10-12H,4-9H2,1-3H3. The molecule has 22 heavy (non-hydrogen) atoms. The van der Waals surface area contributed by atoms with Crippen LogP contribution in [0.3, 0.4) is 0 Å². The average Bonchev–Trinajstić information content (AvgIpc) is 2.50. The maximum atomic E-state index is 5.72. The van der Waals surface area contributed by atoms with Crippen molar-refractivity contribution in [3.8, 4) is 11.5 Å². The van der Waals surface area contributed by atoms with Gasteiger partial charge in [-0.05, 0) is 60.7 Å². The Morgan fingerprint density at radius 3 is 2.27 bits per heavy atom. The molecule has 1 fully saturated rings. The lowest BCUT2D eigenvalue weighted by atomic mass is 9.99. The fourth-order valence-electron chi connectivity index (χ4n) is 2.62. The first kappa shape index (κ1) is 17.5. The number of halogens is 1. The van der Waals surface area contributed by atoms with E-state index in [-0.39, 0.29) is 0 Å². The van der Waals surface area contributed by atoms with Crippen molar-refractivity contribution in [1.82, 2.24) is 4.90 Å². The first-order valence-corrected chi connectivity index (χ1v) is 9.15. The molecule has 0 bridgehead atoms. The maximum absolute atomic E-state index is 5.72. The molecule has 2 rings (SSSR count). The van der Waals surface area contributed by atoms with Gasteiger partial charge in [-0.2, -0.15) is 0 Å². The molecule has 5 heteroatoms. The minimum Gasteiger partial charge on any atom is -0.490 e. The summed E-state index contributed by atoms with van der Waals surface area (Å²) in [6.07, 6.45) is 2.40. The van der Waals surface area contributed by atoms with Gasteiger partial charge in [0.05, 0.1) is 13.2 Å². The van der Waals surface area contributed by atoms with Gasteiger partial charge in [0.15, 0.2) is 11.5 Å². The minimum absolute atomic E-state index is 0.606. The first-order chi connectivity index (χ1) is 10.6. The van der Waals surface area contributed by atoms with Crippen molar-refractivity contribution in [1.29, 1.82) is 0 Å². The number of rotatable bonds is 5. The molecule has 0 unspecified atom stereocenters. The Morgan fingerprint density at radius 1 is 1.18 bits per heavy atom. The summed E-state index contributed by atoms with van der Waals surface area (Å²) in [5.74, 6) is 2.31. The third-order valence-electron chi connectivity index (χ3n) is 3.93. The van der Waals surface area contributed by atoms with E-state index in [9.17, 15) is 0 Å². The van der Waals surface area contributed by atoms with Crippen molar-refractivity contribution < 1.29 is 9.47 Å². The summed E-state index contributed by atoms with van der Waals surface area (Å²) in [6, 6.07) is 3.96. The number of ether oxygens (including phenoxy) is 2. The van der Waals surface area contributed by atoms with E-state index in [0.717, 1.165) is 45.5 Å². The van der Waals surface area contributed by atoms with Gasteiger partial charge < -0.3 is 14.4 Å². The van der Waals surface area contributed by atoms with Crippen LogP contribution in [0.2, 0.25) is 0 Å². The average molecular weight is 386 g/mol. The van der Waals surface area contributed by atoms with E-state index in [0.29, 0.717) is 13.2 Å². The number of likely N-dealkylation sites (tertiary alicyclic amines) is 1. The van der Waals surface area contributed by atoms with Crippen molar-refractivity contribution in [2.75, 3.05) is 26.3 Å². The van der Waals surface area contributed by atoms with Gasteiger partial charge >= 0.3 is 0 Å². The van der Waals surface area contributed by atoms with Gasteiger partial charge in [-0.1, -0.05) is 19.1 Å². The molecule has 1 aromatic carbocycles. The molecule has 0 spiro atoms. The van der Waals surface area contributed by atoms with Crippen molar-refractivity contribution in [3.63, 3.8) is 0 Å². The van der Waals surface area contributed by atoms with Gasteiger partial charge in [-0.15, -0.1) is 0 Å². The van der Waals surface area contributed by atoms with E-state index in [2.05, 4.69) is 27.8 Å². The van der Waals surface area contributed by atoms with Gasteiger partial charge in [-0.25, -0.2) is 0 Å². The quantitative estimate of drug-likeness (QED) is 0.687. The molecule has 0 atom stereocenters. The van der Waals surface area contributed by atoms with E-state index in [1.807, 2.05) is 26.0 Å². The molecule has 3 nitrogen and oxygen atoms in total. The topological polar surface area (TPSA) is 21.7 Å². The summed E-state index contributed by atoms with van der Waals surface area (Å²) in [6.45, 7) is 9.53. The number of thiocarbonyl (C=S) groups is 1. The van der Waals surface area contributed by atoms with Crippen molar-refractivity contribution in [2.45, 2.75) is 33.6 Å². The number of nitrogens with zero attached hydrogens (tertiary/aromatic N) is 1. The lowest BCUT2D eigenvalue weighted by Gasteiger charge is -2.32. The Labute approximate surface area is 147 Å². The second kappa shape index (κ2) is 8.16. The lowest BCUT2D eigenvalue weighted by Crippen LogP contribution is -2.37. The van der Waals surface area contributed by atoms with Crippen LogP contribution in [0, 0.1) is 5.92 Å². The molecule has 0 radical (unpaired) electrons. The first-order valence-electron chi connectivity index (χ1n) is 7.95. The van der Waals surface area contributed by atoms with Crippen LogP contribution in [0.5, 0.6) is 11.5 Å². The summed E-state index contributed by atoms with van der Waals surface area (Å²) in [7, 11) is 0. The highest BCUT2D eigenvalue weighted by atomic mass is 79.9. The van der Waals surface area contributed by atoms with Crippen molar-refractivity contribution >= 4 is 33.1 Å². The molecule has 0 amide bonds. The number of hydrogen-bond acceptors (Lipinski definition) is 3. The molecule has 0 N–H and O–H groups in total. The molecule has 0 saturated carbocycles. The molecular weight excluding hydrogens is 362 g/mol. The normalized spacial score (nSPS) is 15.7. The Morgan fingerprint density at radius 2 is 1.73 bits per heavy atom. The van der Waals surface area contributed by atoms with E-state index < -0.39 is 0 Å². The van der Waals surface area contributed by atoms with Gasteiger partial charge in [0.1, 0.15) is 4.99 Å². The van der Waals surface area contributed by atoms with Crippen molar-refractivity contribution in [3.05, 3.63) is 22.2 Å². The van der Waals surface area contributed by atoms with Crippen LogP contribution in [-0.4, -0.2) is 36.2 Å². The van der Waals surface area contributed by atoms with Crippen LogP contribution in [0.25, 0.3) is 0 Å². The van der Waals surface area contributed by atoms with E-state index in [4.69, 9.17) is 21.7 Å².